The molecular formula is C34H38F4N2O2. The van der Waals surface area contributed by atoms with Crippen molar-refractivity contribution in [2.24, 2.45) is 5.41 Å². The number of benzene rings is 3. The Labute approximate surface area is 245 Å². The maximum Gasteiger partial charge on any atom is 0.251 e. The Morgan fingerprint density at radius 2 is 1.74 bits per heavy atom. The molecular weight excluding hydrogens is 544 g/mol. The normalized spacial score (nSPS) is 24.5. The molecule has 0 radical (unpaired) electrons. The average Bonchev–Trinajstić information content (AvgIpc) is 3.21. The van der Waals surface area contributed by atoms with Crippen LogP contribution in [-0.2, 0) is 13.0 Å². The Bertz CT molecular complexity index is 1340. The highest BCUT2D eigenvalue weighted by atomic mass is 19.3. The highest BCUT2D eigenvalue weighted by Gasteiger charge is 2.40. The van der Waals surface area contributed by atoms with E-state index >= 15 is 8.78 Å². The molecule has 3 aromatic carbocycles. The molecule has 0 bridgehead atoms. The molecule has 42 heavy (non-hydrogen) atoms. The van der Waals surface area contributed by atoms with Gasteiger partial charge in [-0.25, -0.2) is 17.6 Å². The predicted molar refractivity (Wildman–Crippen MR) is 154 cm³/mol. The number of hydrogen-bond acceptors (Lipinski definition) is 4. The highest BCUT2D eigenvalue weighted by Crippen LogP contribution is 2.47. The van der Waals surface area contributed by atoms with Crippen LogP contribution in [-0.4, -0.2) is 43.6 Å². The number of fused-ring (bicyclic) bond motifs is 1. The summed E-state index contributed by atoms with van der Waals surface area (Å²) in [7, 11) is 0. The second kappa shape index (κ2) is 12.6. The topological polar surface area (TPSA) is 33.7 Å². The van der Waals surface area contributed by atoms with Gasteiger partial charge in [-0.05, 0) is 92.3 Å². The van der Waals surface area contributed by atoms with E-state index in [1.165, 1.54) is 17.0 Å². The van der Waals surface area contributed by atoms with Crippen molar-refractivity contribution in [3.05, 3.63) is 94.6 Å². The quantitative estimate of drug-likeness (QED) is 0.280. The van der Waals surface area contributed by atoms with E-state index in [1.54, 1.807) is 12.1 Å². The number of halogens is 4. The second-order valence-electron chi connectivity index (χ2n) is 12.1. The summed E-state index contributed by atoms with van der Waals surface area (Å²) in [6, 6.07) is 16.6. The van der Waals surface area contributed by atoms with E-state index in [9.17, 15) is 8.78 Å². The van der Waals surface area contributed by atoms with Crippen LogP contribution in [0.25, 0.3) is 0 Å². The van der Waals surface area contributed by atoms with Gasteiger partial charge in [0.1, 0.15) is 29.7 Å². The van der Waals surface area contributed by atoms with Gasteiger partial charge in [-0.1, -0.05) is 36.4 Å². The molecule has 8 heteroatoms. The van der Waals surface area contributed by atoms with Gasteiger partial charge in [0.15, 0.2) is 0 Å². The zero-order valence-electron chi connectivity index (χ0n) is 23.8. The molecule has 224 valence electrons. The third-order valence-corrected chi connectivity index (χ3v) is 9.24. The van der Waals surface area contributed by atoms with Crippen LogP contribution < -0.4 is 14.8 Å². The van der Waals surface area contributed by atoms with Crippen LogP contribution >= 0.6 is 0 Å². The summed E-state index contributed by atoms with van der Waals surface area (Å²) in [6.07, 6.45) is 3.91. The molecule has 4 nitrogen and oxygen atoms in total. The Kier molecular flexibility index (Phi) is 8.72. The van der Waals surface area contributed by atoms with Crippen LogP contribution in [0.5, 0.6) is 11.5 Å². The van der Waals surface area contributed by atoms with E-state index in [4.69, 9.17) is 9.47 Å². The molecule has 3 aromatic rings. The van der Waals surface area contributed by atoms with Gasteiger partial charge in [0.25, 0.3) is 6.43 Å². The fraction of sp³-hybridized carbons (Fsp3) is 0.471. The Hall–Kier alpha value is -3.10. The van der Waals surface area contributed by atoms with Crippen molar-refractivity contribution < 1.29 is 27.0 Å². The molecule has 3 unspecified atom stereocenters. The van der Waals surface area contributed by atoms with Crippen molar-refractivity contribution in [1.29, 1.82) is 0 Å². The number of ether oxygens (including phenoxy) is 2. The molecule has 1 N–H and O–H groups in total. The van der Waals surface area contributed by atoms with Crippen LogP contribution in [0, 0.1) is 17.0 Å². The standard InChI is InChI=1S/C34H38F4N2O2/c35-29-18-27(42-26-9-12-34(20-26)11-4-14-39-15-13-34)19-30(36)32(29)33-28-8-7-25(41-22-23-5-2-1-3-6-23)17-24(28)10-16-40(33)21-31(37)38/h1-3,5-8,17-19,26,31,33,39H,4,9-16,20-22H2. The zero-order valence-corrected chi connectivity index (χ0v) is 23.8. The number of alkyl halides is 2. The van der Waals surface area contributed by atoms with Gasteiger partial charge in [-0.15, -0.1) is 0 Å². The first-order valence-corrected chi connectivity index (χ1v) is 15.1. The minimum Gasteiger partial charge on any atom is -0.490 e. The van der Waals surface area contributed by atoms with Gasteiger partial charge < -0.3 is 14.8 Å². The molecule has 6 rings (SSSR count). The number of rotatable bonds is 8. The molecule has 3 aliphatic rings. The lowest BCUT2D eigenvalue weighted by Crippen LogP contribution is -2.40. The Balaban J connectivity index is 1.23. The number of nitrogens with zero attached hydrogens (tertiary/aromatic N) is 1. The van der Waals surface area contributed by atoms with Gasteiger partial charge in [-0.3, -0.25) is 4.90 Å². The van der Waals surface area contributed by atoms with Gasteiger partial charge in [0.05, 0.1) is 18.7 Å². The molecule has 3 atom stereocenters. The maximum atomic E-state index is 15.8. The van der Waals surface area contributed by atoms with Gasteiger partial charge in [0, 0.05) is 24.2 Å². The fourth-order valence-corrected chi connectivity index (χ4v) is 7.18. The molecule has 2 fully saturated rings. The molecule has 0 amide bonds. The first-order valence-electron chi connectivity index (χ1n) is 15.1. The smallest absolute Gasteiger partial charge is 0.251 e. The van der Waals surface area contributed by atoms with E-state index in [1.807, 2.05) is 36.4 Å². The van der Waals surface area contributed by atoms with Crippen molar-refractivity contribution >= 4 is 0 Å². The molecule has 1 spiro atoms. The van der Waals surface area contributed by atoms with E-state index in [0.717, 1.165) is 62.7 Å². The van der Waals surface area contributed by atoms with E-state index in [-0.39, 0.29) is 29.4 Å². The lowest BCUT2D eigenvalue weighted by molar-refractivity contribution is 0.0685. The lowest BCUT2D eigenvalue weighted by Gasteiger charge is -2.38. The van der Waals surface area contributed by atoms with Crippen LogP contribution in [0.4, 0.5) is 17.6 Å². The summed E-state index contributed by atoms with van der Waals surface area (Å²) >= 11 is 0. The van der Waals surface area contributed by atoms with Gasteiger partial charge in [-0.2, -0.15) is 0 Å². The van der Waals surface area contributed by atoms with Crippen molar-refractivity contribution in [1.82, 2.24) is 10.2 Å². The molecule has 2 heterocycles. The Morgan fingerprint density at radius 3 is 2.52 bits per heavy atom. The van der Waals surface area contributed by atoms with Gasteiger partial charge >= 0.3 is 0 Å². The third kappa shape index (κ3) is 6.45. The summed E-state index contributed by atoms with van der Waals surface area (Å²) in [5, 5.41) is 3.46. The third-order valence-electron chi connectivity index (χ3n) is 9.24. The minimum absolute atomic E-state index is 0.0900. The SMILES string of the molecule is Fc1cc(OC2CCC3(CCCNCC3)C2)cc(F)c1C1c2ccc(OCc3ccccc3)cc2CCN1CC(F)F. The summed E-state index contributed by atoms with van der Waals surface area (Å²) < 4.78 is 70.9. The highest BCUT2D eigenvalue weighted by molar-refractivity contribution is 5.46. The summed E-state index contributed by atoms with van der Waals surface area (Å²) in [4.78, 5) is 1.47. The maximum absolute atomic E-state index is 15.8. The van der Waals surface area contributed by atoms with Crippen LogP contribution in [0.2, 0.25) is 0 Å². The molecule has 1 aliphatic carbocycles. The largest absolute Gasteiger partial charge is 0.490 e. The molecule has 2 aliphatic heterocycles. The lowest BCUT2D eigenvalue weighted by atomic mass is 9.79. The molecule has 1 saturated heterocycles. The van der Waals surface area contributed by atoms with E-state index < -0.39 is 30.6 Å². The van der Waals surface area contributed by atoms with Gasteiger partial charge in [0.2, 0.25) is 0 Å². The summed E-state index contributed by atoms with van der Waals surface area (Å²) in [5.41, 5.74) is 2.47. The van der Waals surface area contributed by atoms with Crippen molar-refractivity contribution in [2.45, 2.75) is 70.1 Å². The monoisotopic (exact) mass is 582 g/mol. The Morgan fingerprint density at radius 1 is 0.929 bits per heavy atom. The fourth-order valence-electron chi connectivity index (χ4n) is 7.18. The van der Waals surface area contributed by atoms with Crippen molar-refractivity contribution in [3.63, 3.8) is 0 Å². The van der Waals surface area contributed by atoms with Crippen LogP contribution in [0.3, 0.4) is 0 Å². The van der Waals surface area contributed by atoms with Crippen molar-refractivity contribution in [2.75, 3.05) is 26.2 Å². The molecule has 0 aromatic heterocycles. The van der Waals surface area contributed by atoms with E-state index in [2.05, 4.69) is 5.32 Å². The van der Waals surface area contributed by atoms with Crippen LogP contribution in [0.15, 0.2) is 60.7 Å². The average molecular weight is 583 g/mol. The van der Waals surface area contributed by atoms with E-state index in [0.29, 0.717) is 24.3 Å². The first-order chi connectivity index (χ1) is 20.4. The number of hydrogen-bond donors (Lipinski definition) is 1. The van der Waals surface area contributed by atoms with Crippen LogP contribution in [0.1, 0.15) is 66.8 Å². The predicted octanol–water partition coefficient (Wildman–Crippen LogP) is 7.45. The summed E-state index contributed by atoms with van der Waals surface area (Å²) in [5.74, 6) is -0.776. The minimum atomic E-state index is -2.63. The number of nitrogens with one attached hydrogen (secondary N) is 1. The summed E-state index contributed by atoms with van der Waals surface area (Å²) in [6.45, 7) is 2.07. The van der Waals surface area contributed by atoms with Crippen molar-refractivity contribution in [3.8, 4) is 11.5 Å². The first kappa shape index (κ1) is 29.0. The molecule has 1 saturated carbocycles. The second-order valence-corrected chi connectivity index (χ2v) is 12.1. The zero-order chi connectivity index (χ0) is 29.1.